The molecule has 3 rings (SSSR count). The molecular weight excluding hydrogens is 363 g/mol. The highest BCUT2D eigenvalue weighted by molar-refractivity contribution is 7.93. The van der Waals surface area contributed by atoms with Gasteiger partial charge in [0.05, 0.1) is 16.1 Å². The summed E-state index contributed by atoms with van der Waals surface area (Å²) >= 11 is 0. The van der Waals surface area contributed by atoms with Crippen LogP contribution in [0.5, 0.6) is 0 Å². The lowest BCUT2D eigenvalue weighted by atomic mass is 10.0. The van der Waals surface area contributed by atoms with E-state index in [-0.39, 0.29) is 11.4 Å². The molecule has 0 amide bonds. The van der Waals surface area contributed by atoms with Crippen molar-refractivity contribution in [1.29, 1.82) is 0 Å². The molecule has 0 unspecified atom stereocenters. The number of anilines is 1. The maximum absolute atomic E-state index is 13.7. The summed E-state index contributed by atoms with van der Waals surface area (Å²) in [6.45, 7) is 5.28. The van der Waals surface area contributed by atoms with Gasteiger partial charge in [-0.25, -0.2) is 12.8 Å². The lowest BCUT2D eigenvalue weighted by Crippen LogP contribution is -2.52. The number of hydrogen-bond donors (Lipinski definition) is 1. The van der Waals surface area contributed by atoms with Gasteiger partial charge >= 0.3 is 0 Å². The molecule has 0 aliphatic heterocycles. The monoisotopic (exact) mass is 386 g/mol. The Morgan fingerprint density at radius 1 is 1.04 bits per heavy atom. The van der Waals surface area contributed by atoms with Gasteiger partial charge in [-0.1, -0.05) is 36.4 Å². The van der Waals surface area contributed by atoms with E-state index >= 15 is 0 Å². The number of benzene rings is 3. The van der Waals surface area contributed by atoms with Crippen LogP contribution < -0.4 is 10.0 Å². The van der Waals surface area contributed by atoms with E-state index in [0.29, 0.717) is 11.3 Å². The highest BCUT2D eigenvalue weighted by atomic mass is 32.2. The van der Waals surface area contributed by atoms with Crippen molar-refractivity contribution < 1.29 is 12.8 Å². The molecule has 3 aromatic carbocycles. The van der Waals surface area contributed by atoms with Gasteiger partial charge in [0.1, 0.15) is 5.82 Å². The summed E-state index contributed by atoms with van der Waals surface area (Å²) in [5.74, 6) is -0.471. The molecule has 0 bridgehead atoms. The van der Waals surface area contributed by atoms with E-state index in [9.17, 15) is 12.8 Å². The minimum atomic E-state index is -3.98. The van der Waals surface area contributed by atoms with Crippen LogP contribution in [-0.4, -0.2) is 20.5 Å². The second-order valence-corrected chi connectivity index (χ2v) is 8.95. The van der Waals surface area contributed by atoms with Gasteiger partial charge in [-0.05, 0) is 56.0 Å². The Labute approximate surface area is 159 Å². The molecule has 3 aromatic rings. The van der Waals surface area contributed by atoms with Crippen LogP contribution >= 0.6 is 0 Å². The van der Waals surface area contributed by atoms with Gasteiger partial charge < -0.3 is 5.73 Å². The Kier molecular flexibility index (Phi) is 4.97. The molecule has 4 nitrogen and oxygen atoms in total. The number of nitrogens with two attached hydrogens (primary N) is 1. The Bertz CT molecular complexity index is 1090. The summed E-state index contributed by atoms with van der Waals surface area (Å²) in [7, 11) is -3.98. The van der Waals surface area contributed by atoms with Gasteiger partial charge in [0.2, 0.25) is 0 Å². The minimum Gasteiger partial charge on any atom is -0.328 e. The molecule has 0 saturated heterocycles. The van der Waals surface area contributed by atoms with Gasteiger partial charge in [-0.2, -0.15) is 0 Å². The third-order valence-corrected chi connectivity index (χ3v) is 6.88. The summed E-state index contributed by atoms with van der Waals surface area (Å²) < 4.78 is 42.2. The number of aryl methyl sites for hydroxylation is 1. The summed E-state index contributed by atoms with van der Waals surface area (Å²) in [6.07, 6.45) is 0. The molecule has 142 valence electrons. The summed E-state index contributed by atoms with van der Waals surface area (Å²) in [4.78, 5) is 0.0679. The number of nitrogens with zero attached hydrogens (tertiary/aromatic N) is 1. The Morgan fingerprint density at radius 2 is 1.70 bits per heavy atom. The highest BCUT2D eigenvalue weighted by Gasteiger charge is 2.38. The standard InChI is InChI=1S/C21H23FN2O2S/c1-15-13-17(22)11-12-20(15)27(25,26)24(21(2,3)14-23)19-10-6-8-16-7-4-5-9-18(16)19/h4-13H,14,23H2,1-3H3. The number of fused-ring (bicyclic) bond motifs is 1. The molecule has 0 aliphatic carbocycles. The molecule has 0 fully saturated rings. The van der Waals surface area contributed by atoms with Crippen molar-refractivity contribution in [2.75, 3.05) is 10.8 Å². The van der Waals surface area contributed by atoms with E-state index in [4.69, 9.17) is 5.73 Å². The van der Waals surface area contributed by atoms with E-state index in [1.54, 1.807) is 26.8 Å². The van der Waals surface area contributed by atoms with Crippen LogP contribution in [-0.2, 0) is 10.0 Å². The quantitative estimate of drug-likeness (QED) is 0.714. The lowest BCUT2D eigenvalue weighted by molar-refractivity contribution is 0.508. The van der Waals surface area contributed by atoms with Gasteiger partial charge in [0.15, 0.2) is 0 Å². The minimum absolute atomic E-state index is 0.0679. The van der Waals surface area contributed by atoms with E-state index in [1.165, 1.54) is 16.4 Å². The van der Waals surface area contributed by atoms with Crippen LogP contribution in [0.2, 0.25) is 0 Å². The average Bonchev–Trinajstić information content (AvgIpc) is 2.61. The van der Waals surface area contributed by atoms with Crippen molar-refractivity contribution in [3.05, 3.63) is 72.0 Å². The normalized spacial score (nSPS) is 12.3. The van der Waals surface area contributed by atoms with Gasteiger partial charge in [-0.3, -0.25) is 4.31 Å². The van der Waals surface area contributed by atoms with Crippen molar-refractivity contribution in [1.82, 2.24) is 0 Å². The van der Waals surface area contributed by atoms with Gasteiger partial charge in [-0.15, -0.1) is 0 Å². The Morgan fingerprint density at radius 3 is 2.37 bits per heavy atom. The molecule has 0 radical (unpaired) electrons. The molecular formula is C21H23FN2O2S. The third kappa shape index (κ3) is 3.42. The van der Waals surface area contributed by atoms with Crippen LogP contribution in [0.1, 0.15) is 19.4 Å². The van der Waals surface area contributed by atoms with Gasteiger partial charge in [0, 0.05) is 11.9 Å². The molecule has 0 heterocycles. The number of sulfonamides is 1. The van der Waals surface area contributed by atoms with Crippen LogP contribution in [0.25, 0.3) is 10.8 Å². The molecule has 6 heteroatoms. The van der Waals surface area contributed by atoms with E-state index in [2.05, 4.69) is 0 Å². The molecule has 0 saturated carbocycles. The van der Waals surface area contributed by atoms with Crippen LogP contribution in [0.15, 0.2) is 65.6 Å². The van der Waals surface area contributed by atoms with Crippen molar-refractivity contribution in [3.63, 3.8) is 0 Å². The zero-order chi connectivity index (χ0) is 19.8. The lowest BCUT2D eigenvalue weighted by Gasteiger charge is -2.39. The van der Waals surface area contributed by atoms with E-state index < -0.39 is 21.4 Å². The highest BCUT2D eigenvalue weighted by Crippen LogP contribution is 2.36. The largest absolute Gasteiger partial charge is 0.328 e. The first kappa shape index (κ1) is 19.3. The van der Waals surface area contributed by atoms with Crippen molar-refractivity contribution in [2.45, 2.75) is 31.2 Å². The second-order valence-electron chi connectivity index (χ2n) is 7.19. The average molecular weight is 386 g/mol. The maximum Gasteiger partial charge on any atom is 0.265 e. The van der Waals surface area contributed by atoms with E-state index in [1.807, 2.05) is 36.4 Å². The summed E-state index contributed by atoms with van der Waals surface area (Å²) in [5.41, 5.74) is 5.98. The summed E-state index contributed by atoms with van der Waals surface area (Å²) in [5, 5.41) is 1.74. The molecule has 27 heavy (non-hydrogen) atoms. The smallest absolute Gasteiger partial charge is 0.265 e. The fourth-order valence-electron chi connectivity index (χ4n) is 3.25. The third-order valence-electron chi connectivity index (χ3n) is 4.69. The SMILES string of the molecule is Cc1cc(F)ccc1S(=O)(=O)N(c1cccc2ccccc12)C(C)(C)CN. The molecule has 0 spiro atoms. The van der Waals surface area contributed by atoms with Crippen LogP contribution in [0.3, 0.4) is 0 Å². The number of hydrogen-bond acceptors (Lipinski definition) is 3. The number of halogens is 1. The van der Waals surface area contributed by atoms with Crippen LogP contribution in [0.4, 0.5) is 10.1 Å². The fraction of sp³-hybridized carbons (Fsp3) is 0.238. The number of rotatable bonds is 5. The zero-order valence-electron chi connectivity index (χ0n) is 15.6. The first-order valence-corrected chi connectivity index (χ1v) is 10.1. The maximum atomic E-state index is 13.7. The topological polar surface area (TPSA) is 63.4 Å². The predicted molar refractivity (Wildman–Crippen MR) is 108 cm³/mol. The van der Waals surface area contributed by atoms with Crippen molar-refractivity contribution in [3.8, 4) is 0 Å². The van der Waals surface area contributed by atoms with Crippen molar-refractivity contribution >= 4 is 26.5 Å². The van der Waals surface area contributed by atoms with Gasteiger partial charge in [0.25, 0.3) is 10.0 Å². The first-order chi connectivity index (χ1) is 12.7. The predicted octanol–water partition coefficient (Wildman–Crippen LogP) is 4.22. The van der Waals surface area contributed by atoms with Crippen LogP contribution in [0, 0.1) is 12.7 Å². The Hall–Kier alpha value is -2.44. The first-order valence-electron chi connectivity index (χ1n) is 8.68. The molecule has 0 aromatic heterocycles. The van der Waals surface area contributed by atoms with E-state index in [0.717, 1.165) is 16.8 Å². The molecule has 0 aliphatic rings. The van der Waals surface area contributed by atoms with Crippen molar-refractivity contribution in [2.24, 2.45) is 5.73 Å². The summed E-state index contributed by atoms with van der Waals surface area (Å²) in [6, 6.07) is 16.8. The Balaban J connectivity index is 2.32. The zero-order valence-corrected chi connectivity index (χ0v) is 16.4. The second kappa shape index (κ2) is 6.94. The fourth-order valence-corrected chi connectivity index (χ4v) is 5.30. The molecule has 2 N–H and O–H groups in total. The molecule has 0 atom stereocenters.